The standard InChI is InChI=1S/C12H19O3PS.C8H9ClS.C6H15O3P.CH4.Y/c1-4-14-16(13,15-5-2)10-17-12-8-6-11(3)7-9-12;1-7-2-4-8(5-3-7)10-6-9;1-4-7-10(8-5-2)9-6-3;;/h6-9H,4-5,10H2,1-3H3;2-5H,6H2,1H3;4-6H2,1-3H3;1H4;. The maximum atomic E-state index is 12.2. The summed E-state index contributed by atoms with van der Waals surface area (Å²) in [4.78, 5) is 2.32. The summed E-state index contributed by atoms with van der Waals surface area (Å²) in [5.41, 5.74) is 2.86. The Bertz CT molecular complexity index is 827. The zero-order valence-electron chi connectivity index (χ0n) is 23.7. The van der Waals surface area contributed by atoms with Crippen LogP contribution in [0.15, 0.2) is 58.3 Å². The Balaban J connectivity index is -0.000000514. The Kier molecular flexibility index (Phi) is 33.1. The summed E-state index contributed by atoms with van der Waals surface area (Å²) in [7, 11) is -3.99. The number of rotatable bonds is 15. The maximum Gasteiger partial charge on any atom is 0.340 e. The third-order valence-corrected chi connectivity index (χ3v) is 10.1. The Morgan fingerprint density at radius 2 is 1.05 bits per heavy atom. The van der Waals surface area contributed by atoms with Gasteiger partial charge in [0.05, 0.1) is 38.2 Å². The average Bonchev–Trinajstić information content (AvgIpc) is 2.87. The molecule has 39 heavy (non-hydrogen) atoms. The number of thioether (sulfide) groups is 2. The Labute approximate surface area is 278 Å². The molecule has 0 saturated heterocycles. The molecule has 0 aromatic heterocycles. The average molecular weight is 718 g/mol. The zero-order valence-corrected chi connectivity index (χ0v) is 30.7. The van der Waals surface area contributed by atoms with Crippen LogP contribution >= 0.6 is 51.3 Å². The zero-order chi connectivity index (χ0) is 27.9. The fourth-order valence-electron chi connectivity index (χ4n) is 2.42. The van der Waals surface area contributed by atoms with Crippen molar-refractivity contribution < 1.29 is 59.9 Å². The van der Waals surface area contributed by atoms with Crippen molar-refractivity contribution in [1.29, 1.82) is 0 Å². The molecule has 0 unspecified atom stereocenters. The van der Waals surface area contributed by atoms with Crippen molar-refractivity contribution in [2.45, 2.75) is 65.7 Å². The molecule has 0 saturated carbocycles. The summed E-state index contributed by atoms with van der Waals surface area (Å²) < 4.78 is 38.1. The van der Waals surface area contributed by atoms with Crippen LogP contribution in [0.2, 0.25) is 0 Å². The van der Waals surface area contributed by atoms with Gasteiger partial charge in [0.1, 0.15) is 5.49 Å². The molecule has 1 radical (unpaired) electrons. The molecular formula is C27H47ClO6P2S2Y. The summed E-state index contributed by atoms with van der Waals surface area (Å²) in [6.07, 6.45) is 0. The minimum Gasteiger partial charge on any atom is -0.313 e. The fourth-order valence-corrected chi connectivity index (χ4v) is 7.12. The van der Waals surface area contributed by atoms with E-state index < -0.39 is 16.2 Å². The SMILES string of the molecule is C.CCOP(=O)(CSc1ccc(C)cc1)OCC.CCOP(OCC)OCC.Cc1ccc(SCCl)cc1.[Y]. The summed E-state index contributed by atoms with van der Waals surface area (Å²) >= 11 is 8.69. The summed E-state index contributed by atoms with van der Waals surface area (Å²) in [6, 6.07) is 16.5. The third-order valence-electron chi connectivity index (χ3n) is 4.01. The topological polar surface area (TPSA) is 63.2 Å². The van der Waals surface area contributed by atoms with E-state index in [1.165, 1.54) is 27.8 Å². The van der Waals surface area contributed by atoms with Crippen LogP contribution in [-0.4, -0.2) is 43.7 Å². The van der Waals surface area contributed by atoms with Gasteiger partial charge in [-0.2, -0.15) is 0 Å². The minimum atomic E-state index is -2.93. The van der Waals surface area contributed by atoms with Crippen molar-refractivity contribution in [2.75, 3.05) is 43.7 Å². The Hall–Kier alpha value is 0.994. The van der Waals surface area contributed by atoms with E-state index in [1.54, 1.807) is 11.8 Å². The molecule has 0 fully saturated rings. The van der Waals surface area contributed by atoms with Crippen LogP contribution in [0, 0.1) is 13.8 Å². The van der Waals surface area contributed by atoms with Gasteiger partial charge in [-0.1, -0.05) is 42.8 Å². The molecule has 2 aromatic carbocycles. The summed E-state index contributed by atoms with van der Waals surface area (Å²) in [5.74, 6) is 0. The molecule has 0 heterocycles. The van der Waals surface area contributed by atoms with Gasteiger partial charge in [-0.15, -0.1) is 35.1 Å². The smallest absolute Gasteiger partial charge is 0.313 e. The second-order valence-electron chi connectivity index (χ2n) is 7.08. The van der Waals surface area contributed by atoms with Gasteiger partial charge in [-0.05, 0) is 72.7 Å². The van der Waals surface area contributed by atoms with Crippen molar-refractivity contribution in [2.24, 2.45) is 0 Å². The van der Waals surface area contributed by atoms with E-state index in [9.17, 15) is 4.57 Å². The monoisotopic (exact) mass is 717 g/mol. The molecule has 2 rings (SSSR count). The van der Waals surface area contributed by atoms with Crippen molar-refractivity contribution >= 4 is 51.3 Å². The first-order valence-electron chi connectivity index (χ1n) is 12.3. The van der Waals surface area contributed by atoms with Gasteiger partial charge in [0.15, 0.2) is 0 Å². The molecular weight excluding hydrogens is 671 g/mol. The van der Waals surface area contributed by atoms with Crippen molar-refractivity contribution in [1.82, 2.24) is 0 Å². The van der Waals surface area contributed by atoms with Gasteiger partial charge in [-0.25, -0.2) is 0 Å². The van der Waals surface area contributed by atoms with Crippen LogP contribution < -0.4 is 0 Å². The quantitative estimate of drug-likeness (QED) is 0.103. The number of hydrogen-bond acceptors (Lipinski definition) is 8. The summed E-state index contributed by atoms with van der Waals surface area (Å²) in [5, 5.41) is 0.628. The number of hydrogen-bond donors (Lipinski definition) is 0. The molecule has 0 aliphatic heterocycles. The first kappa shape index (κ1) is 44.4. The number of aryl methyl sites for hydroxylation is 2. The second-order valence-corrected chi connectivity index (χ2v) is 13.5. The first-order valence-corrected chi connectivity index (χ1v) is 17.6. The van der Waals surface area contributed by atoms with Crippen LogP contribution in [0.3, 0.4) is 0 Å². The molecule has 6 nitrogen and oxygen atoms in total. The van der Waals surface area contributed by atoms with E-state index in [4.69, 9.17) is 34.2 Å². The van der Waals surface area contributed by atoms with E-state index >= 15 is 0 Å². The molecule has 0 amide bonds. The van der Waals surface area contributed by atoms with Gasteiger partial charge in [0.2, 0.25) is 0 Å². The molecule has 0 N–H and O–H groups in total. The second kappa shape index (κ2) is 29.1. The largest absolute Gasteiger partial charge is 0.340 e. The van der Waals surface area contributed by atoms with Crippen LogP contribution in [0.4, 0.5) is 0 Å². The van der Waals surface area contributed by atoms with Crippen LogP contribution in [0.1, 0.15) is 53.2 Å². The van der Waals surface area contributed by atoms with Gasteiger partial charge >= 0.3 is 16.2 Å². The van der Waals surface area contributed by atoms with Crippen LogP contribution in [0.5, 0.6) is 0 Å². The first-order chi connectivity index (χ1) is 17.8. The van der Waals surface area contributed by atoms with E-state index in [-0.39, 0.29) is 40.1 Å². The Morgan fingerprint density at radius 3 is 1.36 bits per heavy atom. The van der Waals surface area contributed by atoms with Crippen LogP contribution in [0.25, 0.3) is 0 Å². The predicted molar refractivity (Wildman–Crippen MR) is 169 cm³/mol. The Morgan fingerprint density at radius 1 is 0.692 bits per heavy atom. The maximum absolute atomic E-state index is 12.2. The van der Waals surface area contributed by atoms with E-state index in [1.807, 2.05) is 65.8 Å². The van der Waals surface area contributed by atoms with Gasteiger partial charge in [-0.3, -0.25) is 4.57 Å². The predicted octanol–water partition coefficient (Wildman–Crippen LogP) is 10.6. The van der Waals surface area contributed by atoms with E-state index in [2.05, 4.69) is 31.2 Å². The molecule has 0 atom stereocenters. The summed E-state index contributed by atoms with van der Waals surface area (Å²) in [6.45, 7) is 16.3. The van der Waals surface area contributed by atoms with E-state index in [0.29, 0.717) is 43.7 Å². The third kappa shape index (κ3) is 24.2. The van der Waals surface area contributed by atoms with Gasteiger partial charge in [0, 0.05) is 42.5 Å². The molecule has 0 spiro atoms. The number of halogens is 1. The number of alkyl halides is 1. The molecule has 12 heteroatoms. The fraction of sp³-hybridized carbons (Fsp3) is 0.556. The van der Waals surface area contributed by atoms with Crippen molar-refractivity contribution in [3.63, 3.8) is 0 Å². The minimum absolute atomic E-state index is 0. The molecule has 0 aliphatic rings. The molecule has 0 bridgehead atoms. The molecule has 223 valence electrons. The van der Waals surface area contributed by atoms with Crippen molar-refractivity contribution in [3.05, 3.63) is 59.7 Å². The van der Waals surface area contributed by atoms with Gasteiger partial charge < -0.3 is 22.6 Å². The van der Waals surface area contributed by atoms with Gasteiger partial charge in [0.25, 0.3) is 0 Å². The normalized spacial score (nSPS) is 10.4. The molecule has 2 aromatic rings. The van der Waals surface area contributed by atoms with Crippen molar-refractivity contribution in [3.8, 4) is 0 Å². The molecule has 0 aliphatic carbocycles. The van der Waals surface area contributed by atoms with Crippen LogP contribution in [-0.2, 0) is 59.9 Å². The number of benzene rings is 2. The van der Waals surface area contributed by atoms with E-state index in [0.717, 1.165) is 4.90 Å².